The Kier molecular flexibility index (Phi) is 3.43. The highest BCUT2D eigenvalue weighted by atomic mass is 79.9. The van der Waals surface area contributed by atoms with Crippen LogP contribution in [0.15, 0.2) is 54.6 Å². The van der Waals surface area contributed by atoms with Gasteiger partial charge in [-0.1, -0.05) is 42.5 Å². The first-order valence-corrected chi connectivity index (χ1v) is 5.75. The third-order valence-corrected chi connectivity index (χ3v) is 2.36. The van der Waals surface area contributed by atoms with Gasteiger partial charge in [0.15, 0.2) is 0 Å². The van der Waals surface area contributed by atoms with Gasteiger partial charge in [0, 0.05) is 15.9 Å². The second-order valence-corrected chi connectivity index (χ2v) is 4.36. The van der Waals surface area contributed by atoms with Gasteiger partial charge in [0.05, 0.1) is 0 Å². The van der Waals surface area contributed by atoms with Gasteiger partial charge in [0.2, 0.25) is 0 Å². The molecule has 0 N–H and O–H groups in total. The van der Waals surface area contributed by atoms with Crippen molar-refractivity contribution in [3.05, 3.63) is 54.6 Å². The first-order chi connectivity index (χ1) is 8.04. The molecule has 0 saturated heterocycles. The van der Waals surface area contributed by atoms with Crippen molar-refractivity contribution in [2.45, 2.75) is 5.02 Å². The highest BCUT2D eigenvalue weighted by molar-refractivity contribution is 9.09. The molecule has 0 aliphatic heterocycles. The summed E-state index contributed by atoms with van der Waals surface area (Å²) in [5, 5.41) is -3.33. The maximum atomic E-state index is 12.5. The zero-order valence-corrected chi connectivity index (χ0v) is 10.3. The van der Waals surface area contributed by atoms with Gasteiger partial charge in [-0.05, 0) is 23.3 Å². The summed E-state index contributed by atoms with van der Waals surface area (Å²) >= 11 is 2.12. The fraction of sp³-hybridized carbons (Fsp3) is 0.0769. The molecule has 0 aromatic heterocycles. The molecule has 0 atom stereocenters. The molecule has 0 radical (unpaired) electrons. The van der Waals surface area contributed by atoms with Crippen molar-refractivity contribution in [1.82, 2.24) is 0 Å². The van der Waals surface area contributed by atoms with Crippen LogP contribution in [0.3, 0.4) is 0 Å². The maximum absolute atomic E-state index is 12.5. The van der Waals surface area contributed by atoms with Gasteiger partial charge in [-0.3, -0.25) is 0 Å². The van der Waals surface area contributed by atoms with Crippen LogP contribution in [0, 0.1) is 0 Å². The van der Waals surface area contributed by atoms with E-state index in [0.29, 0.717) is 0 Å². The molecule has 0 heterocycles. The van der Waals surface area contributed by atoms with Crippen molar-refractivity contribution in [3.63, 3.8) is 0 Å². The lowest BCUT2D eigenvalue weighted by molar-refractivity contribution is -0.0802. The number of benzene rings is 2. The number of rotatable bonds is 3. The van der Waals surface area contributed by atoms with Crippen molar-refractivity contribution < 1.29 is 13.5 Å². The molecular formula is C13H9BrF2O. The molecule has 0 aliphatic carbocycles. The molecule has 0 saturated carbocycles. The Bertz CT molecular complexity index is 477. The molecular weight excluding hydrogens is 290 g/mol. The van der Waals surface area contributed by atoms with E-state index in [0.717, 1.165) is 11.1 Å². The Hall–Kier alpha value is -1.42. The minimum Gasteiger partial charge on any atom is -0.424 e. The average Bonchev–Trinajstić information content (AvgIpc) is 2.29. The molecule has 0 bridgehead atoms. The maximum Gasteiger partial charge on any atom is 0.459 e. The number of ether oxygens (including phenoxy) is 1. The quantitative estimate of drug-likeness (QED) is 0.748. The lowest BCUT2D eigenvalue weighted by Crippen LogP contribution is -2.14. The third kappa shape index (κ3) is 3.53. The average molecular weight is 299 g/mol. The summed E-state index contributed by atoms with van der Waals surface area (Å²) in [6.07, 6.45) is 0. The summed E-state index contributed by atoms with van der Waals surface area (Å²) in [6, 6.07) is 16.2. The van der Waals surface area contributed by atoms with Gasteiger partial charge in [-0.2, -0.15) is 8.78 Å². The first-order valence-electron chi connectivity index (χ1n) is 4.96. The lowest BCUT2D eigenvalue weighted by Gasteiger charge is -2.11. The molecule has 0 aliphatic rings. The van der Waals surface area contributed by atoms with Crippen LogP contribution in [-0.2, 0) is 0 Å². The van der Waals surface area contributed by atoms with Crippen molar-refractivity contribution in [3.8, 4) is 16.9 Å². The van der Waals surface area contributed by atoms with Crippen molar-refractivity contribution in [1.29, 1.82) is 0 Å². The predicted octanol–water partition coefficient (Wildman–Crippen LogP) is 4.68. The van der Waals surface area contributed by atoms with E-state index in [1.807, 2.05) is 30.3 Å². The Morgan fingerprint density at radius 1 is 0.824 bits per heavy atom. The van der Waals surface area contributed by atoms with Crippen LogP contribution in [0.2, 0.25) is 0 Å². The Morgan fingerprint density at radius 3 is 1.88 bits per heavy atom. The molecule has 0 unspecified atom stereocenters. The molecule has 88 valence electrons. The summed E-state index contributed by atoms with van der Waals surface area (Å²) in [5.74, 6) is 0.117. The van der Waals surface area contributed by atoms with Crippen molar-refractivity contribution in [2.75, 3.05) is 0 Å². The fourth-order valence-corrected chi connectivity index (χ4v) is 1.67. The summed E-state index contributed by atoms with van der Waals surface area (Å²) in [5.41, 5.74) is 1.99. The highest BCUT2D eigenvalue weighted by Gasteiger charge is 2.26. The molecule has 1 nitrogen and oxygen atoms in total. The second kappa shape index (κ2) is 4.84. The molecule has 0 fully saturated rings. The van der Waals surface area contributed by atoms with Crippen LogP contribution in [0.4, 0.5) is 8.78 Å². The molecule has 17 heavy (non-hydrogen) atoms. The number of halogens is 3. The summed E-state index contributed by atoms with van der Waals surface area (Å²) in [6.45, 7) is 0. The van der Waals surface area contributed by atoms with E-state index in [1.54, 1.807) is 12.1 Å². The Labute approximate surface area is 106 Å². The topological polar surface area (TPSA) is 9.23 Å². The number of hydrogen-bond acceptors (Lipinski definition) is 1. The van der Waals surface area contributed by atoms with E-state index in [2.05, 4.69) is 20.7 Å². The fourth-order valence-electron chi connectivity index (χ4n) is 1.48. The lowest BCUT2D eigenvalue weighted by atomic mass is 10.1. The molecule has 0 spiro atoms. The van der Waals surface area contributed by atoms with Gasteiger partial charge >= 0.3 is 5.02 Å². The predicted molar refractivity (Wildman–Crippen MR) is 66.4 cm³/mol. The third-order valence-electron chi connectivity index (χ3n) is 2.20. The van der Waals surface area contributed by atoms with Gasteiger partial charge in [0.25, 0.3) is 0 Å². The van der Waals surface area contributed by atoms with Crippen molar-refractivity contribution in [2.24, 2.45) is 0 Å². The number of hydrogen-bond donors (Lipinski definition) is 0. The van der Waals surface area contributed by atoms with E-state index in [1.165, 1.54) is 12.1 Å². The minimum absolute atomic E-state index is 0.117. The monoisotopic (exact) mass is 298 g/mol. The van der Waals surface area contributed by atoms with Gasteiger partial charge in [0.1, 0.15) is 5.75 Å². The van der Waals surface area contributed by atoms with E-state index < -0.39 is 5.02 Å². The highest BCUT2D eigenvalue weighted by Crippen LogP contribution is 2.28. The van der Waals surface area contributed by atoms with Crippen LogP contribution in [0.5, 0.6) is 5.75 Å². The van der Waals surface area contributed by atoms with Crippen LogP contribution < -0.4 is 4.74 Å². The Balaban J connectivity index is 2.19. The molecule has 4 heteroatoms. The standard InChI is InChI=1S/C13H9BrF2O/c14-13(15,16)17-12-8-6-11(7-9-12)10-4-2-1-3-5-10/h1-9H. The SMILES string of the molecule is FC(F)(Br)Oc1ccc(-c2ccccc2)cc1. The molecule has 0 amide bonds. The van der Waals surface area contributed by atoms with Crippen LogP contribution in [0.25, 0.3) is 11.1 Å². The molecule has 2 aromatic carbocycles. The summed E-state index contributed by atoms with van der Waals surface area (Å²) in [4.78, 5) is 0. The second-order valence-electron chi connectivity index (χ2n) is 3.44. The van der Waals surface area contributed by atoms with E-state index in [4.69, 9.17) is 0 Å². The summed E-state index contributed by atoms with van der Waals surface area (Å²) in [7, 11) is 0. The molecule has 2 aromatic rings. The van der Waals surface area contributed by atoms with Gasteiger partial charge < -0.3 is 4.74 Å². The van der Waals surface area contributed by atoms with E-state index in [9.17, 15) is 8.78 Å². The van der Waals surface area contributed by atoms with E-state index in [-0.39, 0.29) is 5.75 Å². The largest absolute Gasteiger partial charge is 0.459 e. The van der Waals surface area contributed by atoms with Crippen LogP contribution in [0.1, 0.15) is 0 Å². The zero-order valence-electron chi connectivity index (χ0n) is 8.74. The van der Waals surface area contributed by atoms with Gasteiger partial charge in [-0.25, -0.2) is 0 Å². The van der Waals surface area contributed by atoms with Crippen LogP contribution in [-0.4, -0.2) is 5.02 Å². The minimum atomic E-state index is -3.33. The van der Waals surface area contributed by atoms with E-state index >= 15 is 0 Å². The molecule has 2 rings (SSSR count). The Morgan fingerprint density at radius 2 is 1.35 bits per heavy atom. The van der Waals surface area contributed by atoms with Crippen molar-refractivity contribution >= 4 is 15.9 Å². The smallest absolute Gasteiger partial charge is 0.424 e. The first kappa shape index (κ1) is 12.0. The van der Waals surface area contributed by atoms with Gasteiger partial charge in [-0.15, -0.1) is 0 Å². The van der Waals surface area contributed by atoms with Crippen LogP contribution >= 0.6 is 15.9 Å². The normalized spacial score (nSPS) is 11.2. The summed E-state index contributed by atoms with van der Waals surface area (Å²) < 4.78 is 29.4. The number of alkyl halides is 3. The zero-order chi connectivity index (χ0) is 12.3.